The van der Waals surface area contributed by atoms with Gasteiger partial charge >= 0.3 is 6.03 Å². The molecule has 24 heavy (non-hydrogen) atoms. The van der Waals surface area contributed by atoms with E-state index in [0.717, 1.165) is 12.2 Å². The Hall–Kier alpha value is -2.24. The molecule has 0 bridgehead atoms. The maximum Gasteiger partial charge on any atom is 0.317 e. The van der Waals surface area contributed by atoms with Crippen LogP contribution in [0.2, 0.25) is 0 Å². The van der Waals surface area contributed by atoms with Crippen molar-refractivity contribution in [2.45, 2.75) is 32.7 Å². The highest BCUT2D eigenvalue weighted by molar-refractivity contribution is 5.77. The van der Waals surface area contributed by atoms with Crippen molar-refractivity contribution in [3.8, 4) is 5.75 Å². The SMILES string of the molecule is CC(C)NC(=O)N1CCCN(C(=O)CCOc2ccccc2)CC1. The van der Waals surface area contributed by atoms with E-state index in [0.29, 0.717) is 39.2 Å². The number of carbonyl (C=O) groups is 2. The van der Waals surface area contributed by atoms with E-state index in [9.17, 15) is 9.59 Å². The first-order chi connectivity index (χ1) is 11.6. The van der Waals surface area contributed by atoms with Crippen LogP contribution in [0, 0.1) is 0 Å². The van der Waals surface area contributed by atoms with Crippen molar-refractivity contribution in [1.82, 2.24) is 15.1 Å². The van der Waals surface area contributed by atoms with Gasteiger partial charge in [0.15, 0.2) is 0 Å². The molecule has 0 aliphatic carbocycles. The van der Waals surface area contributed by atoms with E-state index in [-0.39, 0.29) is 18.0 Å². The Morgan fingerprint density at radius 2 is 1.75 bits per heavy atom. The highest BCUT2D eigenvalue weighted by Crippen LogP contribution is 2.10. The van der Waals surface area contributed by atoms with Gasteiger partial charge in [-0.05, 0) is 32.4 Å². The van der Waals surface area contributed by atoms with E-state index < -0.39 is 0 Å². The van der Waals surface area contributed by atoms with Gasteiger partial charge < -0.3 is 19.9 Å². The van der Waals surface area contributed by atoms with Crippen LogP contribution in [0.25, 0.3) is 0 Å². The number of nitrogens with zero attached hydrogens (tertiary/aromatic N) is 2. The number of carbonyl (C=O) groups excluding carboxylic acids is 2. The molecule has 0 aromatic heterocycles. The van der Waals surface area contributed by atoms with E-state index in [2.05, 4.69) is 5.32 Å². The van der Waals surface area contributed by atoms with Crippen LogP contribution in [0.5, 0.6) is 5.75 Å². The number of hydrogen-bond donors (Lipinski definition) is 1. The van der Waals surface area contributed by atoms with E-state index in [1.807, 2.05) is 49.1 Å². The minimum atomic E-state index is -0.0493. The molecular formula is C18H27N3O3. The number of para-hydroxylation sites is 1. The number of amides is 3. The third kappa shape index (κ3) is 5.76. The molecule has 1 aromatic rings. The predicted molar refractivity (Wildman–Crippen MR) is 93.0 cm³/mol. The molecule has 0 spiro atoms. The van der Waals surface area contributed by atoms with E-state index in [1.54, 1.807) is 4.90 Å². The van der Waals surface area contributed by atoms with Gasteiger partial charge in [-0.15, -0.1) is 0 Å². The molecule has 6 heteroatoms. The minimum Gasteiger partial charge on any atom is -0.493 e. The van der Waals surface area contributed by atoms with Gasteiger partial charge in [0.25, 0.3) is 0 Å². The molecule has 1 N–H and O–H groups in total. The first-order valence-corrected chi connectivity index (χ1v) is 8.57. The lowest BCUT2D eigenvalue weighted by molar-refractivity contribution is -0.131. The maximum atomic E-state index is 12.3. The summed E-state index contributed by atoms with van der Waals surface area (Å²) in [4.78, 5) is 28.0. The van der Waals surface area contributed by atoms with Crippen molar-refractivity contribution in [2.24, 2.45) is 0 Å². The summed E-state index contributed by atoms with van der Waals surface area (Å²) in [6, 6.07) is 9.56. The molecule has 1 saturated heterocycles. The first-order valence-electron chi connectivity index (χ1n) is 8.57. The molecule has 3 amide bonds. The van der Waals surface area contributed by atoms with Gasteiger partial charge in [0.05, 0.1) is 13.0 Å². The lowest BCUT2D eigenvalue weighted by atomic mass is 10.3. The molecule has 132 valence electrons. The van der Waals surface area contributed by atoms with E-state index in [1.165, 1.54) is 0 Å². The van der Waals surface area contributed by atoms with Gasteiger partial charge in [0, 0.05) is 32.2 Å². The number of hydrogen-bond acceptors (Lipinski definition) is 3. The number of benzene rings is 1. The maximum absolute atomic E-state index is 12.3. The van der Waals surface area contributed by atoms with Gasteiger partial charge in [0.2, 0.25) is 5.91 Å². The fraction of sp³-hybridized carbons (Fsp3) is 0.556. The summed E-state index contributed by atoms with van der Waals surface area (Å²) in [5, 5.41) is 2.90. The molecular weight excluding hydrogens is 306 g/mol. The Labute approximate surface area is 143 Å². The summed E-state index contributed by atoms with van der Waals surface area (Å²) >= 11 is 0. The van der Waals surface area contributed by atoms with Gasteiger partial charge in [-0.3, -0.25) is 4.79 Å². The summed E-state index contributed by atoms with van der Waals surface area (Å²) in [5.74, 6) is 0.856. The average molecular weight is 333 g/mol. The molecule has 1 fully saturated rings. The monoisotopic (exact) mass is 333 g/mol. The van der Waals surface area contributed by atoms with Crippen molar-refractivity contribution in [2.75, 3.05) is 32.8 Å². The molecule has 0 radical (unpaired) electrons. The number of urea groups is 1. The predicted octanol–water partition coefficient (Wildman–Crippen LogP) is 2.11. The van der Waals surface area contributed by atoms with Gasteiger partial charge in [0.1, 0.15) is 5.75 Å². The zero-order chi connectivity index (χ0) is 17.4. The minimum absolute atomic E-state index is 0.0493. The normalized spacial score (nSPS) is 15.1. The second-order valence-electron chi connectivity index (χ2n) is 6.24. The fourth-order valence-corrected chi connectivity index (χ4v) is 2.64. The summed E-state index contributed by atoms with van der Waals surface area (Å²) < 4.78 is 5.58. The Kier molecular flexibility index (Phi) is 6.90. The summed E-state index contributed by atoms with van der Waals surface area (Å²) in [7, 11) is 0. The van der Waals surface area contributed by atoms with Crippen molar-refractivity contribution < 1.29 is 14.3 Å². The standard InChI is InChI=1S/C18H27N3O3/c1-15(2)19-18(23)21-11-6-10-20(12-13-21)17(22)9-14-24-16-7-4-3-5-8-16/h3-5,7-8,15H,6,9-14H2,1-2H3,(H,19,23). The molecule has 0 unspecified atom stereocenters. The number of rotatable bonds is 5. The highest BCUT2D eigenvalue weighted by atomic mass is 16.5. The molecule has 1 heterocycles. The second-order valence-corrected chi connectivity index (χ2v) is 6.24. The third-order valence-corrected chi connectivity index (χ3v) is 3.88. The lowest BCUT2D eigenvalue weighted by Gasteiger charge is -2.23. The molecule has 6 nitrogen and oxygen atoms in total. The molecule has 0 atom stereocenters. The topological polar surface area (TPSA) is 61.9 Å². The molecule has 1 aromatic carbocycles. The van der Waals surface area contributed by atoms with Gasteiger partial charge in [-0.1, -0.05) is 18.2 Å². The van der Waals surface area contributed by atoms with Crippen molar-refractivity contribution in [1.29, 1.82) is 0 Å². The van der Waals surface area contributed by atoms with E-state index in [4.69, 9.17) is 4.74 Å². The Morgan fingerprint density at radius 1 is 1.08 bits per heavy atom. The van der Waals surface area contributed by atoms with Crippen LogP contribution in [-0.2, 0) is 4.79 Å². The Morgan fingerprint density at radius 3 is 2.46 bits per heavy atom. The van der Waals surface area contributed by atoms with Crippen LogP contribution in [0.4, 0.5) is 4.79 Å². The van der Waals surface area contributed by atoms with Crippen molar-refractivity contribution in [3.63, 3.8) is 0 Å². The average Bonchev–Trinajstić information content (AvgIpc) is 2.81. The Balaban J connectivity index is 1.74. The van der Waals surface area contributed by atoms with Crippen LogP contribution in [0.1, 0.15) is 26.7 Å². The van der Waals surface area contributed by atoms with Crippen molar-refractivity contribution in [3.05, 3.63) is 30.3 Å². The zero-order valence-electron chi connectivity index (χ0n) is 14.5. The Bertz CT molecular complexity index is 534. The van der Waals surface area contributed by atoms with Crippen molar-refractivity contribution >= 4 is 11.9 Å². The van der Waals surface area contributed by atoms with Gasteiger partial charge in [-0.25, -0.2) is 4.79 Å². The summed E-state index contributed by atoms with van der Waals surface area (Å²) in [5.41, 5.74) is 0. The summed E-state index contributed by atoms with van der Waals surface area (Å²) in [6.45, 7) is 6.78. The molecule has 2 rings (SSSR count). The van der Waals surface area contributed by atoms with Crippen LogP contribution in [0.15, 0.2) is 30.3 Å². The van der Waals surface area contributed by atoms with Crippen LogP contribution in [0.3, 0.4) is 0 Å². The second kappa shape index (κ2) is 9.15. The first kappa shape index (κ1) is 18.1. The fourth-order valence-electron chi connectivity index (χ4n) is 2.64. The van der Waals surface area contributed by atoms with Crippen LogP contribution >= 0.6 is 0 Å². The molecule has 1 aliphatic rings. The third-order valence-electron chi connectivity index (χ3n) is 3.88. The smallest absolute Gasteiger partial charge is 0.317 e. The zero-order valence-corrected chi connectivity index (χ0v) is 14.5. The van der Waals surface area contributed by atoms with Gasteiger partial charge in [-0.2, -0.15) is 0 Å². The highest BCUT2D eigenvalue weighted by Gasteiger charge is 2.22. The van der Waals surface area contributed by atoms with Crippen LogP contribution < -0.4 is 10.1 Å². The largest absolute Gasteiger partial charge is 0.493 e. The quantitative estimate of drug-likeness (QED) is 0.898. The van der Waals surface area contributed by atoms with Crippen LogP contribution in [-0.4, -0.2) is 60.6 Å². The molecule has 0 saturated carbocycles. The number of ether oxygens (including phenoxy) is 1. The van der Waals surface area contributed by atoms with E-state index >= 15 is 0 Å². The molecule has 1 aliphatic heterocycles. The lowest BCUT2D eigenvalue weighted by Crippen LogP contribution is -2.44. The summed E-state index contributed by atoms with van der Waals surface area (Å²) in [6.07, 6.45) is 1.16. The number of nitrogens with one attached hydrogen (secondary N) is 1.